The minimum Gasteiger partial charge on any atom is -0.497 e. The van der Waals surface area contributed by atoms with Gasteiger partial charge in [0, 0.05) is 36.8 Å². The Hall–Kier alpha value is -4.40. The Morgan fingerprint density at radius 3 is 2.65 bits per heavy atom. The number of hydrogen-bond donors (Lipinski definition) is 2. The summed E-state index contributed by atoms with van der Waals surface area (Å²) in [4.78, 5) is 33.9. The zero-order valence-electron chi connectivity index (χ0n) is 16.8. The molecule has 0 saturated heterocycles. The van der Waals surface area contributed by atoms with E-state index >= 15 is 0 Å². The second-order valence-electron chi connectivity index (χ2n) is 6.72. The van der Waals surface area contributed by atoms with Crippen LogP contribution in [0.25, 0.3) is 16.9 Å². The lowest BCUT2D eigenvalue weighted by Crippen LogP contribution is -2.26. The molecule has 2 N–H and O–H groups in total. The SMILES string of the molecule is COc1cccc(N(C)C(=O)c2ccc3ncc(-c4ccc(NC(=O)O)nc4)n3c2)c1. The summed E-state index contributed by atoms with van der Waals surface area (Å²) in [6, 6.07) is 14.1. The Morgan fingerprint density at radius 2 is 1.94 bits per heavy atom. The number of carboxylic acid groups (broad SMARTS) is 1. The number of hydrogen-bond acceptors (Lipinski definition) is 5. The molecular formula is C22H19N5O4. The zero-order chi connectivity index (χ0) is 22.0. The molecule has 0 radical (unpaired) electrons. The number of carbonyl (C=O) groups excluding carboxylic acids is 1. The number of pyridine rings is 2. The van der Waals surface area contributed by atoms with Crippen LogP contribution in [0.15, 0.2) is 67.1 Å². The molecule has 3 heterocycles. The smallest absolute Gasteiger partial charge is 0.410 e. The number of anilines is 2. The number of nitrogens with one attached hydrogen (secondary N) is 1. The summed E-state index contributed by atoms with van der Waals surface area (Å²) in [5.41, 5.74) is 3.32. The third-order valence-electron chi connectivity index (χ3n) is 4.79. The molecule has 1 aromatic carbocycles. The third kappa shape index (κ3) is 4.01. The van der Waals surface area contributed by atoms with Gasteiger partial charge in [-0.1, -0.05) is 6.07 Å². The van der Waals surface area contributed by atoms with Crippen LogP contribution in [0.1, 0.15) is 10.4 Å². The van der Waals surface area contributed by atoms with Gasteiger partial charge in [0.05, 0.1) is 24.6 Å². The summed E-state index contributed by atoms with van der Waals surface area (Å²) in [5, 5.41) is 11.0. The predicted molar refractivity (Wildman–Crippen MR) is 116 cm³/mol. The van der Waals surface area contributed by atoms with E-state index in [1.807, 2.05) is 18.2 Å². The Balaban J connectivity index is 1.66. The number of benzene rings is 1. The monoisotopic (exact) mass is 417 g/mol. The van der Waals surface area contributed by atoms with Crippen LogP contribution in [-0.4, -0.2) is 45.6 Å². The predicted octanol–water partition coefficient (Wildman–Crippen LogP) is 3.77. The van der Waals surface area contributed by atoms with E-state index in [2.05, 4.69) is 15.3 Å². The van der Waals surface area contributed by atoms with E-state index in [0.717, 1.165) is 11.3 Å². The lowest BCUT2D eigenvalue weighted by atomic mass is 10.2. The van der Waals surface area contributed by atoms with Crippen molar-refractivity contribution in [2.75, 3.05) is 24.4 Å². The number of fused-ring (bicyclic) bond motifs is 1. The molecule has 0 spiro atoms. The molecule has 3 aromatic heterocycles. The van der Waals surface area contributed by atoms with Crippen molar-refractivity contribution in [1.29, 1.82) is 0 Å². The van der Waals surface area contributed by atoms with Crippen LogP contribution in [0.5, 0.6) is 5.75 Å². The highest BCUT2D eigenvalue weighted by Gasteiger charge is 2.16. The van der Waals surface area contributed by atoms with Gasteiger partial charge in [0.2, 0.25) is 0 Å². The van der Waals surface area contributed by atoms with Crippen molar-refractivity contribution in [3.8, 4) is 17.0 Å². The van der Waals surface area contributed by atoms with Gasteiger partial charge in [-0.15, -0.1) is 0 Å². The van der Waals surface area contributed by atoms with Crippen molar-refractivity contribution in [2.45, 2.75) is 0 Å². The van der Waals surface area contributed by atoms with Crippen molar-refractivity contribution in [3.05, 3.63) is 72.7 Å². The number of nitrogens with zero attached hydrogens (tertiary/aromatic N) is 4. The number of amides is 2. The van der Waals surface area contributed by atoms with Crippen molar-refractivity contribution in [1.82, 2.24) is 14.4 Å². The summed E-state index contributed by atoms with van der Waals surface area (Å²) < 4.78 is 7.04. The molecule has 0 atom stereocenters. The molecule has 0 aliphatic carbocycles. The van der Waals surface area contributed by atoms with E-state index in [-0.39, 0.29) is 11.7 Å². The van der Waals surface area contributed by atoms with E-state index in [4.69, 9.17) is 9.84 Å². The number of aromatic nitrogens is 3. The summed E-state index contributed by atoms with van der Waals surface area (Å²) >= 11 is 0. The van der Waals surface area contributed by atoms with Gasteiger partial charge < -0.3 is 14.7 Å². The second-order valence-corrected chi connectivity index (χ2v) is 6.72. The third-order valence-corrected chi connectivity index (χ3v) is 4.79. The Kier molecular flexibility index (Phi) is 5.23. The fourth-order valence-corrected chi connectivity index (χ4v) is 3.18. The molecule has 0 saturated carbocycles. The van der Waals surface area contributed by atoms with Gasteiger partial charge in [-0.3, -0.25) is 14.5 Å². The van der Waals surface area contributed by atoms with Crippen molar-refractivity contribution in [3.63, 3.8) is 0 Å². The fraction of sp³-hybridized carbons (Fsp3) is 0.0909. The minimum absolute atomic E-state index is 0.186. The summed E-state index contributed by atoms with van der Waals surface area (Å²) in [6.07, 6.45) is 3.76. The van der Waals surface area contributed by atoms with Gasteiger partial charge in [0.15, 0.2) is 0 Å². The first kappa shape index (κ1) is 19.9. The molecule has 4 aromatic rings. The maximum atomic E-state index is 13.1. The first-order valence-electron chi connectivity index (χ1n) is 9.32. The summed E-state index contributed by atoms with van der Waals surface area (Å²) in [7, 11) is 3.28. The highest BCUT2D eigenvalue weighted by molar-refractivity contribution is 6.05. The molecule has 156 valence electrons. The van der Waals surface area contributed by atoms with Crippen LogP contribution >= 0.6 is 0 Å². The molecule has 0 unspecified atom stereocenters. The van der Waals surface area contributed by atoms with E-state index in [1.54, 1.807) is 72.4 Å². The molecule has 0 fully saturated rings. The first-order valence-corrected chi connectivity index (χ1v) is 9.32. The van der Waals surface area contributed by atoms with Crippen LogP contribution in [0.2, 0.25) is 0 Å². The van der Waals surface area contributed by atoms with Crippen molar-refractivity contribution in [2.24, 2.45) is 0 Å². The van der Waals surface area contributed by atoms with Gasteiger partial charge in [-0.25, -0.2) is 14.8 Å². The maximum absolute atomic E-state index is 13.1. The molecule has 2 amide bonds. The van der Waals surface area contributed by atoms with Crippen LogP contribution < -0.4 is 15.0 Å². The molecule has 0 bridgehead atoms. The van der Waals surface area contributed by atoms with Gasteiger partial charge in [-0.05, 0) is 36.4 Å². The van der Waals surface area contributed by atoms with Gasteiger partial charge in [-0.2, -0.15) is 0 Å². The molecule has 9 nitrogen and oxygen atoms in total. The van der Waals surface area contributed by atoms with E-state index in [9.17, 15) is 9.59 Å². The van der Waals surface area contributed by atoms with Crippen molar-refractivity contribution < 1.29 is 19.4 Å². The average molecular weight is 417 g/mol. The number of methoxy groups -OCH3 is 1. The van der Waals surface area contributed by atoms with E-state index < -0.39 is 6.09 Å². The lowest BCUT2D eigenvalue weighted by molar-refractivity contribution is 0.0992. The Labute approximate surface area is 177 Å². The Bertz CT molecular complexity index is 1270. The highest BCUT2D eigenvalue weighted by atomic mass is 16.5. The molecule has 9 heteroatoms. The number of rotatable bonds is 5. The molecule has 4 rings (SSSR count). The zero-order valence-corrected chi connectivity index (χ0v) is 16.8. The Morgan fingerprint density at radius 1 is 1.10 bits per heavy atom. The molecule has 0 aliphatic rings. The maximum Gasteiger partial charge on any atom is 0.410 e. The van der Waals surface area contributed by atoms with Gasteiger partial charge in [0.1, 0.15) is 17.2 Å². The molecule has 31 heavy (non-hydrogen) atoms. The van der Waals surface area contributed by atoms with Gasteiger partial charge in [0.25, 0.3) is 5.91 Å². The van der Waals surface area contributed by atoms with Gasteiger partial charge >= 0.3 is 6.09 Å². The lowest BCUT2D eigenvalue weighted by Gasteiger charge is -2.18. The second kappa shape index (κ2) is 8.15. The normalized spacial score (nSPS) is 10.6. The topological polar surface area (TPSA) is 109 Å². The standard InChI is InChI=1S/C22H19N5O4/c1-26(16-4-3-5-17(10-16)31-2)21(28)15-7-9-20-24-12-18(27(20)13-15)14-6-8-19(23-11-14)25-22(29)30/h3-13H,1-2H3,(H,23,25)(H,29,30). The average Bonchev–Trinajstić information content (AvgIpc) is 3.21. The van der Waals surface area contributed by atoms with E-state index in [1.165, 1.54) is 0 Å². The number of ether oxygens (including phenoxy) is 1. The summed E-state index contributed by atoms with van der Waals surface area (Å²) in [5.74, 6) is 0.701. The first-order chi connectivity index (χ1) is 15.0. The minimum atomic E-state index is -1.18. The van der Waals surface area contributed by atoms with Crippen LogP contribution in [0.4, 0.5) is 16.3 Å². The highest BCUT2D eigenvalue weighted by Crippen LogP contribution is 2.24. The molecule has 0 aliphatic heterocycles. The largest absolute Gasteiger partial charge is 0.497 e. The van der Waals surface area contributed by atoms with E-state index in [0.29, 0.717) is 22.6 Å². The fourth-order valence-electron chi connectivity index (χ4n) is 3.18. The van der Waals surface area contributed by atoms with Crippen LogP contribution in [0, 0.1) is 0 Å². The number of carbonyl (C=O) groups is 2. The quantitative estimate of drug-likeness (QED) is 0.512. The number of imidazole rings is 1. The van der Waals surface area contributed by atoms with Crippen LogP contribution in [-0.2, 0) is 0 Å². The molecular weight excluding hydrogens is 398 g/mol. The summed E-state index contributed by atoms with van der Waals surface area (Å²) in [6.45, 7) is 0. The van der Waals surface area contributed by atoms with Crippen molar-refractivity contribution >= 4 is 29.2 Å². The van der Waals surface area contributed by atoms with Crippen LogP contribution in [0.3, 0.4) is 0 Å².